The molecule has 0 saturated carbocycles. The van der Waals surface area contributed by atoms with Crippen LogP contribution in [0.5, 0.6) is 0 Å². The molecule has 104 valence electrons. The fraction of sp³-hybridized carbons (Fsp3) is 0.500. The van der Waals surface area contributed by atoms with Gasteiger partial charge in [-0.3, -0.25) is 0 Å². The number of nitrogens with zero attached hydrogens (tertiary/aromatic N) is 1. The van der Waals surface area contributed by atoms with E-state index in [9.17, 15) is 4.79 Å². The van der Waals surface area contributed by atoms with Crippen molar-refractivity contribution in [2.75, 3.05) is 25.0 Å². The number of nitrogens with two attached hydrogens (primary N) is 1. The van der Waals surface area contributed by atoms with Gasteiger partial charge >= 0.3 is 6.09 Å². The van der Waals surface area contributed by atoms with Crippen molar-refractivity contribution in [3.8, 4) is 0 Å². The lowest BCUT2D eigenvalue weighted by Crippen LogP contribution is -2.41. The Hall–Kier alpha value is -1.75. The highest BCUT2D eigenvalue weighted by atomic mass is 16.4. The Morgan fingerprint density at radius 2 is 1.95 bits per heavy atom. The standard InChI is InChI=1S/C14H21N3O2/c15-8-5-11-1-3-12(4-2-11)16-13-6-9-17(10-7-13)14(18)19/h1-4,13,16H,5-10,15H2,(H,18,19). The first-order valence-electron chi connectivity index (χ1n) is 6.72. The van der Waals surface area contributed by atoms with Crippen LogP contribution in [0.3, 0.4) is 0 Å². The quantitative estimate of drug-likeness (QED) is 0.773. The fourth-order valence-electron chi connectivity index (χ4n) is 2.39. The van der Waals surface area contributed by atoms with Crippen molar-refractivity contribution in [1.82, 2.24) is 4.90 Å². The van der Waals surface area contributed by atoms with Gasteiger partial charge in [0.15, 0.2) is 0 Å². The normalized spacial score (nSPS) is 16.4. The van der Waals surface area contributed by atoms with Crippen molar-refractivity contribution in [1.29, 1.82) is 0 Å². The van der Waals surface area contributed by atoms with E-state index in [0.717, 1.165) is 24.9 Å². The molecule has 1 heterocycles. The maximum atomic E-state index is 10.8. The molecular weight excluding hydrogens is 242 g/mol. The molecule has 19 heavy (non-hydrogen) atoms. The molecule has 4 N–H and O–H groups in total. The third kappa shape index (κ3) is 3.86. The third-order valence-corrected chi connectivity index (χ3v) is 3.52. The molecule has 1 aliphatic rings. The zero-order valence-corrected chi connectivity index (χ0v) is 11.0. The molecule has 1 aliphatic heterocycles. The minimum Gasteiger partial charge on any atom is -0.465 e. The van der Waals surface area contributed by atoms with Crippen LogP contribution in [0.4, 0.5) is 10.5 Å². The summed E-state index contributed by atoms with van der Waals surface area (Å²) in [5.41, 5.74) is 7.85. The van der Waals surface area contributed by atoms with E-state index < -0.39 is 6.09 Å². The molecule has 2 rings (SSSR count). The molecule has 1 amide bonds. The lowest BCUT2D eigenvalue weighted by molar-refractivity contribution is 0.134. The number of hydrogen-bond donors (Lipinski definition) is 3. The highest BCUT2D eigenvalue weighted by Crippen LogP contribution is 2.17. The van der Waals surface area contributed by atoms with Crippen molar-refractivity contribution < 1.29 is 9.90 Å². The second kappa shape index (κ2) is 6.43. The van der Waals surface area contributed by atoms with Crippen molar-refractivity contribution >= 4 is 11.8 Å². The number of benzene rings is 1. The van der Waals surface area contributed by atoms with Gasteiger partial charge < -0.3 is 21.1 Å². The summed E-state index contributed by atoms with van der Waals surface area (Å²) in [6, 6.07) is 8.66. The SMILES string of the molecule is NCCc1ccc(NC2CCN(C(=O)O)CC2)cc1. The molecule has 0 bridgehead atoms. The van der Waals surface area contributed by atoms with Crippen LogP contribution in [-0.2, 0) is 6.42 Å². The van der Waals surface area contributed by atoms with Crippen molar-refractivity contribution in [3.05, 3.63) is 29.8 Å². The van der Waals surface area contributed by atoms with Gasteiger partial charge in [-0.2, -0.15) is 0 Å². The summed E-state index contributed by atoms with van der Waals surface area (Å²) in [5, 5.41) is 12.3. The number of rotatable bonds is 4. The van der Waals surface area contributed by atoms with Gasteiger partial charge in [-0.25, -0.2) is 4.79 Å². The van der Waals surface area contributed by atoms with Crippen LogP contribution < -0.4 is 11.1 Å². The molecule has 0 aliphatic carbocycles. The summed E-state index contributed by atoms with van der Waals surface area (Å²) in [6.45, 7) is 1.89. The number of anilines is 1. The van der Waals surface area contributed by atoms with Gasteiger partial charge in [0.05, 0.1) is 0 Å². The Morgan fingerprint density at radius 3 is 2.47 bits per heavy atom. The molecule has 0 atom stereocenters. The predicted octanol–water partition coefficient (Wildman–Crippen LogP) is 1.74. The Kier molecular flexibility index (Phi) is 4.63. The maximum absolute atomic E-state index is 10.8. The lowest BCUT2D eigenvalue weighted by atomic mass is 10.0. The molecule has 1 fully saturated rings. The number of amides is 1. The van der Waals surface area contributed by atoms with E-state index in [1.165, 1.54) is 10.5 Å². The Labute approximate surface area is 113 Å². The van der Waals surface area contributed by atoms with Crippen LogP contribution in [-0.4, -0.2) is 41.8 Å². The van der Waals surface area contributed by atoms with E-state index in [-0.39, 0.29) is 0 Å². The van der Waals surface area contributed by atoms with Gasteiger partial charge in [-0.05, 0) is 43.5 Å². The molecule has 0 radical (unpaired) electrons. The topological polar surface area (TPSA) is 78.6 Å². The average molecular weight is 263 g/mol. The van der Waals surface area contributed by atoms with Crippen molar-refractivity contribution in [2.45, 2.75) is 25.3 Å². The minimum atomic E-state index is -0.815. The predicted molar refractivity (Wildman–Crippen MR) is 75.4 cm³/mol. The van der Waals surface area contributed by atoms with E-state index in [0.29, 0.717) is 25.7 Å². The van der Waals surface area contributed by atoms with Gasteiger partial charge in [-0.1, -0.05) is 12.1 Å². The third-order valence-electron chi connectivity index (χ3n) is 3.52. The van der Waals surface area contributed by atoms with Crippen LogP contribution in [0, 0.1) is 0 Å². The summed E-state index contributed by atoms with van der Waals surface area (Å²) in [5.74, 6) is 0. The first-order chi connectivity index (χ1) is 9.19. The number of nitrogens with one attached hydrogen (secondary N) is 1. The zero-order chi connectivity index (χ0) is 13.7. The number of likely N-dealkylation sites (tertiary alicyclic amines) is 1. The molecule has 1 aromatic carbocycles. The second-order valence-corrected chi connectivity index (χ2v) is 4.92. The maximum Gasteiger partial charge on any atom is 0.407 e. The van der Waals surface area contributed by atoms with Gasteiger partial charge in [0.1, 0.15) is 0 Å². The molecule has 0 aromatic heterocycles. The Balaban J connectivity index is 1.83. The lowest BCUT2D eigenvalue weighted by Gasteiger charge is -2.31. The van der Waals surface area contributed by atoms with Crippen LogP contribution >= 0.6 is 0 Å². The van der Waals surface area contributed by atoms with E-state index in [4.69, 9.17) is 10.8 Å². The molecule has 0 unspecified atom stereocenters. The van der Waals surface area contributed by atoms with E-state index in [1.54, 1.807) is 0 Å². The number of carbonyl (C=O) groups is 1. The summed E-state index contributed by atoms with van der Waals surface area (Å²) in [4.78, 5) is 12.3. The summed E-state index contributed by atoms with van der Waals surface area (Å²) in [6.07, 6.45) is 1.80. The average Bonchev–Trinajstić information content (AvgIpc) is 2.42. The molecule has 5 nitrogen and oxygen atoms in total. The van der Waals surface area contributed by atoms with Gasteiger partial charge in [0.2, 0.25) is 0 Å². The van der Waals surface area contributed by atoms with Crippen LogP contribution in [0.15, 0.2) is 24.3 Å². The fourth-order valence-corrected chi connectivity index (χ4v) is 2.39. The smallest absolute Gasteiger partial charge is 0.407 e. The first kappa shape index (κ1) is 13.7. The molecule has 0 spiro atoms. The molecular formula is C14H21N3O2. The largest absolute Gasteiger partial charge is 0.465 e. The number of piperidine rings is 1. The highest BCUT2D eigenvalue weighted by molar-refractivity contribution is 5.65. The van der Waals surface area contributed by atoms with Crippen LogP contribution in [0.25, 0.3) is 0 Å². The Morgan fingerprint density at radius 1 is 1.32 bits per heavy atom. The molecule has 5 heteroatoms. The van der Waals surface area contributed by atoms with E-state index >= 15 is 0 Å². The van der Waals surface area contributed by atoms with Crippen LogP contribution in [0.1, 0.15) is 18.4 Å². The monoisotopic (exact) mass is 263 g/mol. The summed E-state index contributed by atoms with van der Waals surface area (Å²) in [7, 11) is 0. The second-order valence-electron chi connectivity index (χ2n) is 4.92. The minimum absolute atomic E-state index is 0.357. The number of hydrogen-bond acceptors (Lipinski definition) is 3. The zero-order valence-electron chi connectivity index (χ0n) is 11.0. The molecule has 1 aromatic rings. The highest BCUT2D eigenvalue weighted by Gasteiger charge is 2.21. The van der Waals surface area contributed by atoms with E-state index in [1.807, 2.05) is 0 Å². The van der Waals surface area contributed by atoms with Crippen molar-refractivity contribution in [2.24, 2.45) is 5.73 Å². The first-order valence-corrected chi connectivity index (χ1v) is 6.72. The van der Waals surface area contributed by atoms with Gasteiger partial charge in [0.25, 0.3) is 0 Å². The van der Waals surface area contributed by atoms with Crippen molar-refractivity contribution in [3.63, 3.8) is 0 Å². The summed E-state index contributed by atoms with van der Waals surface area (Å²) < 4.78 is 0. The van der Waals surface area contributed by atoms with Gasteiger partial charge in [-0.15, -0.1) is 0 Å². The Bertz CT molecular complexity index is 411. The van der Waals surface area contributed by atoms with Crippen LogP contribution in [0.2, 0.25) is 0 Å². The van der Waals surface area contributed by atoms with E-state index in [2.05, 4.69) is 29.6 Å². The summed E-state index contributed by atoms with van der Waals surface area (Å²) >= 11 is 0. The molecule has 1 saturated heterocycles. The van der Waals surface area contributed by atoms with Gasteiger partial charge in [0, 0.05) is 24.8 Å². The number of carboxylic acid groups (broad SMARTS) is 1.